The fourth-order valence-electron chi connectivity index (χ4n) is 9.02. The van der Waals surface area contributed by atoms with E-state index in [1.165, 1.54) is 24.3 Å². The van der Waals surface area contributed by atoms with E-state index in [2.05, 4.69) is 49.3 Å². The van der Waals surface area contributed by atoms with Crippen molar-refractivity contribution in [2.75, 3.05) is 52.5 Å². The van der Waals surface area contributed by atoms with Crippen molar-refractivity contribution in [1.82, 2.24) is 30.4 Å². The molecule has 6 heterocycles. The number of para-hydroxylation sites is 2. The van der Waals surface area contributed by atoms with Gasteiger partial charge >= 0.3 is 12.6 Å². The number of rotatable bonds is 16. The molecule has 0 saturated carbocycles. The molecule has 4 aliphatic rings. The molecule has 2 aromatic heterocycles. The number of likely N-dealkylation sites (tertiary alicyclic amines) is 2. The molecular weight excluding hydrogens is 937 g/mol. The van der Waals surface area contributed by atoms with Crippen molar-refractivity contribution in [1.29, 1.82) is 0 Å². The molecule has 72 heavy (non-hydrogen) atoms. The minimum Gasteiger partial charge on any atom is -0.492 e. The van der Waals surface area contributed by atoms with Gasteiger partial charge in [0.2, 0.25) is 11.8 Å². The maximum atomic E-state index is 13.5. The number of nitrogens with zero attached hydrogens (tertiary/aromatic N) is 4. The summed E-state index contributed by atoms with van der Waals surface area (Å²) in [5.41, 5.74) is 2.37. The molecule has 0 aliphatic carbocycles. The molecular formula is C54H54F4N6O8. The van der Waals surface area contributed by atoms with Gasteiger partial charge in [-0.1, -0.05) is 60.7 Å². The first-order valence-corrected chi connectivity index (χ1v) is 24.0. The van der Waals surface area contributed by atoms with Crippen molar-refractivity contribution in [2.24, 2.45) is 11.8 Å². The van der Waals surface area contributed by atoms with Crippen LogP contribution in [-0.2, 0) is 9.59 Å². The maximum Gasteiger partial charge on any atom is 0.586 e. The number of carbonyl (C=O) groups excluding carboxylic acids is 2. The van der Waals surface area contributed by atoms with Crippen molar-refractivity contribution in [3.05, 3.63) is 168 Å². The van der Waals surface area contributed by atoms with Crippen molar-refractivity contribution < 1.29 is 55.6 Å². The minimum atomic E-state index is -3.70. The SMILES string of the molecule is O=C(NC(c1ccc2c(c1)OC(F)(F)O2)c1ccccn1)C1CCN(CCOc2ccccc2)CC1.O=C(NC(c1ccc2c(c1)OC(F)(F)O2)c1ccccn1)C1CCN(CCOc2ccccc2)CC1. The van der Waals surface area contributed by atoms with Crippen molar-refractivity contribution in [2.45, 2.75) is 50.4 Å². The number of aromatic nitrogens is 2. The summed E-state index contributed by atoms with van der Waals surface area (Å²) in [6.45, 7) is 5.95. The van der Waals surface area contributed by atoms with Gasteiger partial charge in [0.25, 0.3) is 0 Å². The summed E-state index contributed by atoms with van der Waals surface area (Å²) in [5.74, 6) is 0.984. The number of hydrogen-bond acceptors (Lipinski definition) is 12. The average Bonchev–Trinajstić information content (AvgIpc) is 3.90. The third kappa shape index (κ3) is 13.1. The third-order valence-electron chi connectivity index (χ3n) is 12.8. The number of ether oxygens (including phenoxy) is 6. The molecule has 14 nitrogen and oxygen atoms in total. The first-order chi connectivity index (χ1) is 34.9. The number of alkyl halides is 4. The summed E-state index contributed by atoms with van der Waals surface area (Å²) in [7, 11) is 0. The summed E-state index contributed by atoms with van der Waals surface area (Å²) in [6.07, 6.45) is -1.26. The molecule has 0 spiro atoms. The second kappa shape index (κ2) is 22.8. The summed E-state index contributed by atoms with van der Waals surface area (Å²) < 4.78 is 83.8. The molecule has 2 amide bonds. The Kier molecular flexibility index (Phi) is 15.7. The van der Waals surface area contributed by atoms with Gasteiger partial charge in [-0.05, 0) is 136 Å². The van der Waals surface area contributed by atoms with Gasteiger partial charge in [0.15, 0.2) is 23.0 Å². The van der Waals surface area contributed by atoms with Crippen LogP contribution in [0.1, 0.15) is 60.3 Å². The van der Waals surface area contributed by atoms with E-state index in [1.807, 2.05) is 72.8 Å². The van der Waals surface area contributed by atoms with Crippen molar-refractivity contribution >= 4 is 11.8 Å². The third-order valence-corrected chi connectivity index (χ3v) is 12.8. The molecule has 6 aromatic rings. The molecule has 10 rings (SSSR count). The van der Waals surface area contributed by atoms with Gasteiger partial charge in [-0.25, -0.2) is 0 Å². The lowest BCUT2D eigenvalue weighted by Gasteiger charge is -2.32. The molecule has 2 atom stereocenters. The Morgan fingerprint density at radius 1 is 0.528 bits per heavy atom. The highest BCUT2D eigenvalue weighted by molar-refractivity contribution is 5.80. The van der Waals surface area contributed by atoms with E-state index in [4.69, 9.17) is 9.47 Å². The molecule has 4 aliphatic heterocycles. The molecule has 0 radical (unpaired) electrons. The summed E-state index contributed by atoms with van der Waals surface area (Å²) in [5, 5.41) is 6.16. The summed E-state index contributed by atoms with van der Waals surface area (Å²) in [4.78, 5) is 39.8. The Hall–Kier alpha value is -7.44. The molecule has 0 bridgehead atoms. The number of benzene rings is 4. The number of nitrogens with one attached hydrogen (secondary N) is 2. The van der Waals surface area contributed by atoms with E-state index in [1.54, 1.807) is 48.8 Å². The van der Waals surface area contributed by atoms with Gasteiger partial charge in [-0.15, -0.1) is 17.6 Å². The van der Waals surface area contributed by atoms with Crippen LogP contribution in [0.25, 0.3) is 0 Å². The second-order valence-electron chi connectivity index (χ2n) is 17.7. The van der Waals surface area contributed by atoms with Gasteiger partial charge in [0.1, 0.15) is 24.7 Å². The Labute approximate surface area is 414 Å². The zero-order valence-electron chi connectivity index (χ0n) is 39.2. The lowest BCUT2D eigenvalue weighted by Crippen LogP contribution is -2.42. The first kappa shape index (κ1) is 49.5. The Morgan fingerprint density at radius 3 is 1.28 bits per heavy atom. The lowest BCUT2D eigenvalue weighted by molar-refractivity contribution is -0.287. The second-order valence-corrected chi connectivity index (χ2v) is 17.7. The van der Waals surface area contributed by atoms with Gasteiger partial charge in [-0.3, -0.25) is 29.4 Å². The van der Waals surface area contributed by atoms with Gasteiger partial charge < -0.3 is 39.1 Å². The standard InChI is InChI=1S/2C27H27F2N3O4/c2*28-27(29)35-23-10-9-20(18-24(23)36-27)25(22-8-4-5-13-30-22)31-26(33)19-11-14-32(15-12-19)16-17-34-21-6-2-1-3-7-21/h2*1-10,13,18-19,25H,11-12,14-17H2,(H,31,33). The number of halogens is 4. The minimum absolute atomic E-state index is 0.0431. The van der Waals surface area contributed by atoms with Crippen LogP contribution in [0, 0.1) is 11.8 Å². The largest absolute Gasteiger partial charge is 0.586 e. The fraction of sp³-hybridized carbons (Fsp3) is 0.333. The van der Waals surface area contributed by atoms with E-state index in [-0.39, 0.29) is 46.6 Å². The van der Waals surface area contributed by atoms with Crippen LogP contribution in [0.15, 0.2) is 146 Å². The van der Waals surface area contributed by atoms with E-state index >= 15 is 0 Å². The summed E-state index contributed by atoms with van der Waals surface area (Å²) in [6, 6.07) is 38.0. The number of pyridine rings is 2. The van der Waals surface area contributed by atoms with Crippen molar-refractivity contribution in [3.63, 3.8) is 0 Å². The lowest BCUT2D eigenvalue weighted by atomic mass is 9.94. The van der Waals surface area contributed by atoms with Crippen LogP contribution in [0.4, 0.5) is 17.6 Å². The van der Waals surface area contributed by atoms with E-state index in [0.29, 0.717) is 35.7 Å². The highest BCUT2D eigenvalue weighted by Crippen LogP contribution is 2.44. The molecule has 4 aromatic carbocycles. The van der Waals surface area contributed by atoms with Crippen LogP contribution in [-0.4, -0.2) is 96.7 Å². The number of hydrogen-bond donors (Lipinski definition) is 2. The van der Waals surface area contributed by atoms with Crippen LogP contribution >= 0.6 is 0 Å². The molecule has 2 N–H and O–H groups in total. The zero-order chi connectivity index (χ0) is 49.9. The Bertz CT molecular complexity index is 2530. The van der Waals surface area contributed by atoms with Gasteiger partial charge in [0.05, 0.1) is 23.5 Å². The number of piperidine rings is 2. The molecule has 2 fully saturated rings. The monoisotopic (exact) mass is 990 g/mol. The predicted octanol–water partition coefficient (Wildman–Crippen LogP) is 8.80. The molecule has 18 heteroatoms. The number of amides is 2. The Balaban J connectivity index is 0.000000178. The average molecular weight is 991 g/mol. The quantitative estimate of drug-likeness (QED) is 0.0895. The molecule has 2 saturated heterocycles. The highest BCUT2D eigenvalue weighted by atomic mass is 19.3. The van der Waals surface area contributed by atoms with Crippen LogP contribution < -0.4 is 39.1 Å². The molecule has 2 unspecified atom stereocenters. The fourth-order valence-corrected chi connectivity index (χ4v) is 9.02. The topological polar surface area (TPSA) is 146 Å². The smallest absolute Gasteiger partial charge is 0.492 e. The number of carbonyl (C=O) groups is 2. The van der Waals surface area contributed by atoms with Gasteiger partial charge in [-0.2, -0.15) is 0 Å². The van der Waals surface area contributed by atoms with Crippen LogP contribution in [0.3, 0.4) is 0 Å². The Morgan fingerprint density at radius 2 is 0.903 bits per heavy atom. The molecule has 376 valence electrons. The van der Waals surface area contributed by atoms with E-state index in [9.17, 15) is 27.2 Å². The van der Waals surface area contributed by atoms with Crippen molar-refractivity contribution in [3.8, 4) is 34.5 Å². The van der Waals surface area contributed by atoms with Crippen LogP contribution in [0.5, 0.6) is 34.5 Å². The number of fused-ring (bicyclic) bond motifs is 2. The highest BCUT2D eigenvalue weighted by Gasteiger charge is 2.45. The van der Waals surface area contributed by atoms with Crippen LogP contribution in [0.2, 0.25) is 0 Å². The predicted molar refractivity (Wildman–Crippen MR) is 256 cm³/mol. The van der Waals surface area contributed by atoms with Gasteiger partial charge in [0, 0.05) is 37.3 Å². The normalized spacial score (nSPS) is 17.9. The summed E-state index contributed by atoms with van der Waals surface area (Å²) >= 11 is 0. The maximum absolute atomic E-state index is 13.5. The van der Waals surface area contributed by atoms with E-state index in [0.717, 1.165) is 76.5 Å². The first-order valence-electron chi connectivity index (χ1n) is 24.0. The zero-order valence-corrected chi connectivity index (χ0v) is 39.2. The van der Waals surface area contributed by atoms with E-state index < -0.39 is 24.7 Å².